The highest BCUT2D eigenvalue weighted by molar-refractivity contribution is 6.04. The van der Waals surface area contributed by atoms with Gasteiger partial charge in [-0.15, -0.1) is 0 Å². The molecule has 1 aromatic heterocycles. The number of nitrogens with zero attached hydrogens (tertiary/aromatic N) is 1. The molecule has 3 aromatic carbocycles. The van der Waals surface area contributed by atoms with E-state index in [2.05, 4.69) is 0 Å². The number of hydrogen-bond donors (Lipinski definition) is 0. The predicted octanol–water partition coefficient (Wildman–Crippen LogP) is 7.06. The number of para-hydroxylation sites is 1. The van der Waals surface area contributed by atoms with Gasteiger partial charge in [-0.05, 0) is 36.2 Å². The molecule has 168 valence electrons. The summed E-state index contributed by atoms with van der Waals surface area (Å²) in [5.74, 6) is -0.520. The van der Waals surface area contributed by atoms with Crippen molar-refractivity contribution in [1.29, 1.82) is 0 Å². The molecular formula is C27H22F3NO2. The van der Waals surface area contributed by atoms with Crippen molar-refractivity contribution in [2.75, 3.05) is 6.61 Å². The molecule has 0 aliphatic rings. The zero-order chi connectivity index (χ0) is 23.4. The molecule has 0 atom stereocenters. The zero-order valence-electron chi connectivity index (χ0n) is 18.0. The lowest BCUT2D eigenvalue weighted by molar-refractivity contribution is -0.137. The summed E-state index contributed by atoms with van der Waals surface area (Å²) >= 11 is 0. The Morgan fingerprint density at radius 3 is 2.39 bits per heavy atom. The van der Waals surface area contributed by atoms with Crippen LogP contribution < -0.4 is 0 Å². The van der Waals surface area contributed by atoms with E-state index in [1.807, 2.05) is 66.7 Å². The first-order valence-corrected chi connectivity index (χ1v) is 10.6. The third kappa shape index (κ3) is 4.85. The summed E-state index contributed by atoms with van der Waals surface area (Å²) in [5.41, 5.74) is 2.39. The van der Waals surface area contributed by atoms with Gasteiger partial charge in [0, 0.05) is 23.0 Å². The number of esters is 1. The first kappa shape index (κ1) is 22.4. The molecule has 3 nitrogen and oxygen atoms in total. The summed E-state index contributed by atoms with van der Waals surface area (Å²) in [4.78, 5) is 13.0. The van der Waals surface area contributed by atoms with Crippen LogP contribution in [0.2, 0.25) is 0 Å². The van der Waals surface area contributed by atoms with Crippen LogP contribution in [-0.4, -0.2) is 17.1 Å². The summed E-state index contributed by atoms with van der Waals surface area (Å²) in [6.45, 7) is 2.00. The normalized spacial score (nSPS) is 11.9. The highest BCUT2D eigenvalue weighted by Crippen LogP contribution is 2.32. The molecule has 1 heterocycles. The molecule has 0 aliphatic carbocycles. The summed E-state index contributed by atoms with van der Waals surface area (Å²) < 4.78 is 46.8. The molecule has 0 amide bonds. The van der Waals surface area contributed by atoms with E-state index >= 15 is 0 Å². The Morgan fingerprint density at radius 2 is 1.67 bits per heavy atom. The minimum atomic E-state index is -4.44. The SMILES string of the molecule is CCOC(=O)c1c(/C=C/c2ccccc2)c2ccccc2n1Cc1cccc(C(F)(F)F)c1. The van der Waals surface area contributed by atoms with E-state index < -0.39 is 17.7 Å². The van der Waals surface area contributed by atoms with Crippen LogP contribution in [0.1, 0.15) is 39.7 Å². The fourth-order valence-corrected chi connectivity index (χ4v) is 3.86. The molecule has 0 saturated heterocycles. The molecule has 0 bridgehead atoms. The Hall–Kier alpha value is -3.80. The second-order valence-corrected chi connectivity index (χ2v) is 7.53. The quantitative estimate of drug-likeness (QED) is 0.295. The smallest absolute Gasteiger partial charge is 0.416 e. The van der Waals surface area contributed by atoms with Crippen LogP contribution in [-0.2, 0) is 17.5 Å². The van der Waals surface area contributed by atoms with Gasteiger partial charge in [0.2, 0.25) is 0 Å². The van der Waals surface area contributed by atoms with E-state index in [4.69, 9.17) is 4.74 Å². The van der Waals surface area contributed by atoms with E-state index in [9.17, 15) is 18.0 Å². The summed E-state index contributed by atoms with van der Waals surface area (Å²) in [5, 5.41) is 0.819. The standard InChI is InChI=1S/C27H22F3NO2/c1-2-33-26(32)25-23(16-15-19-9-4-3-5-10-19)22-13-6-7-14-24(22)31(25)18-20-11-8-12-21(17-20)27(28,29)30/h3-17H,2,18H2,1H3/b16-15+. The average Bonchev–Trinajstić information content (AvgIpc) is 3.11. The Balaban J connectivity index is 1.88. The van der Waals surface area contributed by atoms with Gasteiger partial charge in [0.1, 0.15) is 5.69 Å². The van der Waals surface area contributed by atoms with Crippen molar-refractivity contribution in [3.63, 3.8) is 0 Å². The lowest BCUT2D eigenvalue weighted by Crippen LogP contribution is -2.14. The van der Waals surface area contributed by atoms with Crippen molar-refractivity contribution >= 4 is 29.0 Å². The average molecular weight is 449 g/mol. The Bertz CT molecular complexity index is 1300. The molecule has 4 rings (SSSR count). The molecular weight excluding hydrogens is 427 g/mol. The van der Waals surface area contributed by atoms with Crippen LogP contribution in [0.5, 0.6) is 0 Å². The van der Waals surface area contributed by atoms with E-state index in [0.717, 1.165) is 28.6 Å². The Labute approximate surface area is 189 Å². The van der Waals surface area contributed by atoms with Crippen LogP contribution in [0.4, 0.5) is 13.2 Å². The van der Waals surface area contributed by atoms with Gasteiger partial charge in [-0.3, -0.25) is 0 Å². The van der Waals surface area contributed by atoms with Crippen molar-refractivity contribution in [2.24, 2.45) is 0 Å². The summed E-state index contributed by atoms with van der Waals surface area (Å²) in [6, 6.07) is 22.3. The molecule has 0 N–H and O–H groups in total. The molecule has 6 heteroatoms. The van der Waals surface area contributed by atoms with Gasteiger partial charge in [0.15, 0.2) is 0 Å². The maximum absolute atomic E-state index is 13.2. The monoisotopic (exact) mass is 449 g/mol. The number of carbonyl (C=O) groups is 1. The largest absolute Gasteiger partial charge is 0.461 e. The minimum absolute atomic E-state index is 0.0950. The van der Waals surface area contributed by atoms with Crippen LogP contribution in [0.3, 0.4) is 0 Å². The summed E-state index contributed by atoms with van der Waals surface area (Å²) in [6.07, 6.45) is -0.687. The Kier molecular flexibility index (Phi) is 6.36. The first-order chi connectivity index (χ1) is 15.9. The minimum Gasteiger partial charge on any atom is -0.461 e. The molecule has 33 heavy (non-hydrogen) atoms. The number of carbonyl (C=O) groups excluding carboxylic acids is 1. The van der Waals surface area contributed by atoms with E-state index in [1.165, 1.54) is 6.07 Å². The number of aromatic nitrogens is 1. The molecule has 0 radical (unpaired) electrons. The third-order valence-corrected chi connectivity index (χ3v) is 5.32. The fourth-order valence-electron chi connectivity index (χ4n) is 3.86. The van der Waals surface area contributed by atoms with Crippen molar-refractivity contribution in [1.82, 2.24) is 4.57 Å². The van der Waals surface area contributed by atoms with Crippen LogP contribution in [0.15, 0.2) is 78.9 Å². The number of fused-ring (bicyclic) bond motifs is 1. The van der Waals surface area contributed by atoms with E-state index in [1.54, 1.807) is 17.6 Å². The molecule has 0 unspecified atom stereocenters. The maximum Gasteiger partial charge on any atom is 0.416 e. The van der Waals surface area contributed by atoms with Gasteiger partial charge < -0.3 is 9.30 Å². The lowest BCUT2D eigenvalue weighted by atomic mass is 10.1. The van der Waals surface area contributed by atoms with Gasteiger partial charge in [0.05, 0.1) is 12.2 Å². The van der Waals surface area contributed by atoms with Gasteiger partial charge in [-0.25, -0.2) is 4.79 Å². The summed E-state index contributed by atoms with van der Waals surface area (Å²) in [7, 11) is 0. The number of benzene rings is 3. The number of ether oxygens (including phenoxy) is 1. The van der Waals surface area contributed by atoms with Crippen molar-refractivity contribution in [2.45, 2.75) is 19.6 Å². The predicted molar refractivity (Wildman–Crippen MR) is 124 cm³/mol. The topological polar surface area (TPSA) is 31.2 Å². The number of halogens is 3. The fraction of sp³-hybridized carbons (Fsp3) is 0.148. The second kappa shape index (κ2) is 9.36. The third-order valence-electron chi connectivity index (χ3n) is 5.32. The lowest BCUT2D eigenvalue weighted by Gasteiger charge is -2.13. The molecule has 0 spiro atoms. The van der Waals surface area contributed by atoms with Gasteiger partial charge >= 0.3 is 12.1 Å². The molecule has 0 saturated carbocycles. The van der Waals surface area contributed by atoms with Gasteiger partial charge in [-0.1, -0.05) is 72.8 Å². The Morgan fingerprint density at radius 1 is 0.939 bits per heavy atom. The van der Waals surface area contributed by atoms with Crippen LogP contribution >= 0.6 is 0 Å². The molecule has 0 fully saturated rings. The van der Waals surface area contributed by atoms with Gasteiger partial charge in [0.25, 0.3) is 0 Å². The highest BCUT2D eigenvalue weighted by atomic mass is 19.4. The molecule has 0 aliphatic heterocycles. The molecule has 4 aromatic rings. The van der Waals surface area contributed by atoms with Crippen LogP contribution in [0, 0.1) is 0 Å². The van der Waals surface area contributed by atoms with E-state index in [-0.39, 0.29) is 13.2 Å². The van der Waals surface area contributed by atoms with Crippen LogP contribution in [0.25, 0.3) is 23.1 Å². The maximum atomic E-state index is 13.2. The van der Waals surface area contributed by atoms with E-state index in [0.29, 0.717) is 16.8 Å². The van der Waals surface area contributed by atoms with Crippen molar-refractivity contribution < 1.29 is 22.7 Å². The number of hydrogen-bond acceptors (Lipinski definition) is 2. The number of alkyl halides is 3. The second-order valence-electron chi connectivity index (χ2n) is 7.53. The zero-order valence-corrected chi connectivity index (χ0v) is 18.0. The van der Waals surface area contributed by atoms with Crippen molar-refractivity contribution in [3.05, 3.63) is 107 Å². The number of rotatable bonds is 6. The highest BCUT2D eigenvalue weighted by Gasteiger charge is 2.30. The van der Waals surface area contributed by atoms with Gasteiger partial charge in [-0.2, -0.15) is 13.2 Å². The first-order valence-electron chi connectivity index (χ1n) is 10.6. The van der Waals surface area contributed by atoms with Crippen molar-refractivity contribution in [3.8, 4) is 0 Å².